The first-order valence-corrected chi connectivity index (χ1v) is 8.00. The van der Waals surface area contributed by atoms with E-state index in [0.717, 1.165) is 11.1 Å². The van der Waals surface area contributed by atoms with E-state index < -0.39 is 0 Å². The smallest absolute Gasteiger partial charge is 0.238 e. The van der Waals surface area contributed by atoms with E-state index in [4.69, 9.17) is 12.2 Å². The van der Waals surface area contributed by atoms with Crippen molar-refractivity contribution in [1.29, 1.82) is 0 Å². The topological polar surface area (TPSA) is 53.2 Å². The lowest BCUT2D eigenvalue weighted by atomic mass is 10.1. The standard InChI is InChI=1S/C18H21N3OS/c1-14(16-10-6-3-7-11-16)19-18(23)21-20-17(22)13-12-15-8-4-2-5-9-15/h2-11,14H,12-13H2,1H3,(H,20,22)(H2,19,21,23). The zero-order chi connectivity index (χ0) is 16.5. The predicted molar refractivity (Wildman–Crippen MR) is 96.6 cm³/mol. The summed E-state index contributed by atoms with van der Waals surface area (Å²) in [6, 6.07) is 20.0. The minimum Gasteiger partial charge on any atom is -0.355 e. The molecule has 0 aromatic heterocycles. The van der Waals surface area contributed by atoms with E-state index in [-0.39, 0.29) is 11.9 Å². The summed E-state index contributed by atoms with van der Waals surface area (Å²) < 4.78 is 0. The second kappa shape index (κ2) is 8.90. The fraction of sp³-hybridized carbons (Fsp3) is 0.222. The summed E-state index contributed by atoms with van der Waals surface area (Å²) in [5.74, 6) is -0.0923. The highest BCUT2D eigenvalue weighted by Gasteiger charge is 2.07. The van der Waals surface area contributed by atoms with E-state index in [1.807, 2.05) is 67.6 Å². The first kappa shape index (κ1) is 17.0. The van der Waals surface area contributed by atoms with Gasteiger partial charge in [-0.3, -0.25) is 15.6 Å². The van der Waals surface area contributed by atoms with Gasteiger partial charge in [0, 0.05) is 6.42 Å². The van der Waals surface area contributed by atoms with Gasteiger partial charge < -0.3 is 5.32 Å². The summed E-state index contributed by atoms with van der Waals surface area (Å²) in [4.78, 5) is 11.8. The van der Waals surface area contributed by atoms with E-state index in [1.165, 1.54) is 0 Å². The Morgan fingerprint density at radius 1 is 1.00 bits per heavy atom. The Balaban J connectivity index is 1.68. The molecule has 0 spiro atoms. The zero-order valence-corrected chi connectivity index (χ0v) is 13.9. The van der Waals surface area contributed by atoms with Gasteiger partial charge in [0.1, 0.15) is 0 Å². The van der Waals surface area contributed by atoms with E-state index in [1.54, 1.807) is 0 Å². The number of rotatable bonds is 5. The maximum Gasteiger partial charge on any atom is 0.238 e. The third-order valence-electron chi connectivity index (χ3n) is 3.45. The van der Waals surface area contributed by atoms with Crippen LogP contribution in [0.2, 0.25) is 0 Å². The number of carbonyl (C=O) groups is 1. The van der Waals surface area contributed by atoms with Crippen molar-refractivity contribution in [2.45, 2.75) is 25.8 Å². The van der Waals surface area contributed by atoms with Crippen LogP contribution < -0.4 is 16.2 Å². The van der Waals surface area contributed by atoms with Gasteiger partial charge in [0.2, 0.25) is 5.91 Å². The number of hydrogen-bond acceptors (Lipinski definition) is 2. The number of carbonyl (C=O) groups excluding carboxylic acids is 1. The molecule has 23 heavy (non-hydrogen) atoms. The minimum atomic E-state index is -0.0923. The lowest BCUT2D eigenvalue weighted by molar-refractivity contribution is -0.121. The molecule has 3 N–H and O–H groups in total. The average molecular weight is 327 g/mol. The Kier molecular flexibility index (Phi) is 6.56. The molecule has 120 valence electrons. The van der Waals surface area contributed by atoms with Crippen LogP contribution in [-0.2, 0) is 11.2 Å². The van der Waals surface area contributed by atoms with Crippen LogP contribution in [-0.4, -0.2) is 11.0 Å². The molecule has 5 heteroatoms. The van der Waals surface area contributed by atoms with E-state index in [2.05, 4.69) is 16.2 Å². The third kappa shape index (κ3) is 6.08. The number of amides is 1. The molecule has 1 atom stereocenters. The monoisotopic (exact) mass is 327 g/mol. The van der Waals surface area contributed by atoms with Gasteiger partial charge in [0.15, 0.2) is 5.11 Å². The largest absolute Gasteiger partial charge is 0.355 e. The van der Waals surface area contributed by atoms with Crippen molar-refractivity contribution < 1.29 is 4.79 Å². The molecular formula is C18H21N3OS. The van der Waals surface area contributed by atoms with E-state index in [0.29, 0.717) is 18.0 Å². The molecule has 2 rings (SSSR count). The maximum absolute atomic E-state index is 11.8. The van der Waals surface area contributed by atoms with Crippen LogP contribution in [0.4, 0.5) is 0 Å². The Morgan fingerprint density at radius 3 is 2.26 bits per heavy atom. The highest BCUT2D eigenvalue weighted by atomic mass is 32.1. The molecule has 0 radical (unpaired) electrons. The SMILES string of the molecule is CC(NC(=S)NNC(=O)CCc1ccccc1)c1ccccc1. The molecule has 0 aliphatic heterocycles. The number of aryl methyl sites for hydroxylation is 1. The lowest BCUT2D eigenvalue weighted by Crippen LogP contribution is -2.47. The van der Waals surface area contributed by atoms with Crippen LogP contribution in [0.15, 0.2) is 60.7 Å². The van der Waals surface area contributed by atoms with Crippen molar-refractivity contribution in [2.24, 2.45) is 0 Å². The molecule has 0 heterocycles. The highest BCUT2D eigenvalue weighted by Crippen LogP contribution is 2.10. The molecule has 4 nitrogen and oxygen atoms in total. The molecule has 2 aromatic rings. The normalized spacial score (nSPS) is 11.3. The van der Waals surface area contributed by atoms with Gasteiger partial charge >= 0.3 is 0 Å². The number of hydrazine groups is 1. The molecule has 2 aromatic carbocycles. The van der Waals surface area contributed by atoms with Gasteiger partial charge in [0.05, 0.1) is 6.04 Å². The maximum atomic E-state index is 11.8. The molecule has 1 amide bonds. The quantitative estimate of drug-likeness (QED) is 0.584. The highest BCUT2D eigenvalue weighted by molar-refractivity contribution is 7.80. The molecule has 0 bridgehead atoms. The van der Waals surface area contributed by atoms with Crippen molar-refractivity contribution in [2.75, 3.05) is 0 Å². The zero-order valence-electron chi connectivity index (χ0n) is 13.1. The van der Waals surface area contributed by atoms with E-state index in [9.17, 15) is 4.79 Å². The van der Waals surface area contributed by atoms with Crippen LogP contribution in [0.3, 0.4) is 0 Å². The van der Waals surface area contributed by atoms with Crippen molar-refractivity contribution >= 4 is 23.2 Å². The predicted octanol–water partition coefficient (Wildman–Crippen LogP) is 2.88. The second-order valence-corrected chi connectivity index (χ2v) is 5.67. The summed E-state index contributed by atoms with van der Waals surface area (Å²) in [6.07, 6.45) is 1.11. The molecule has 0 fully saturated rings. The molecule has 1 unspecified atom stereocenters. The number of hydrogen-bond donors (Lipinski definition) is 3. The summed E-state index contributed by atoms with van der Waals surface area (Å²) >= 11 is 5.19. The fourth-order valence-corrected chi connectivity index (χ4v) is 2.38. The number of benzene rings is 2. The van der Waals surface area contributed by atoms with Crippen molar-refractivity contribution in [1.82, 2.24) is 16.2 Å². The molecular weight excluding hydrogens is 306 g/mol. The molecule has 0 saturated heterocycles. The van der Waals surface area contributed by atoms with Gasteiger partial charge in [-0.25, -0.2) is 0 Å². The van der Waals surface area contributed by atoms with Crippen molar-refractivity contribution in [3.05, 3.63) is 71.8 Å². The average Bonchev–Trinajstić information content (AvgIpc) is 2.60. The molecule has 0 aliphatic carbocycles. The first-order chi connectivity index (χ1) is 11.1. The third-order valence-corrected chi connectivity index (χ3v) is 3.67. The number of thiocarbonyl (C=S) groups is 1. The van der Waals surface area contributed by atoms with Crippen LogP contribution in [0.5, 0.6) is 0 Å². The number of nitrogens with one attached hydrogen (secondary N) is 3. The Labute approximate surface area is 142 Å². The van der Waals surface area contributed by atoms with Gasteiger partial charge in [-0.05, 0) is 36.7 Å². The molecule has 0 aliphatic rings. The van der Waals surface area contributed by atoms with Crippen molar-refractivity contribution in [3.63, 3.8) is 0 Å². The van der Waals surface area contributed by atoms with Crippen LogP contribution in [0.1, 0.15) is 30.5 Å². The second-order valence-electron chi connectivity index (χ2n) is 5.26. The lowest BCUT2D eigenvalue weighted by Gasteiger charge is -2.17. The first-order valence-electron chi connectivity index (χ1n) is 7.59. The van der Waals surface area contributed by atoms with Gasteiger partial charge in [-0.2, -0.15) is 0 Å². The molecule has 0 saturated carbocycles. The van der Waals surface area contributed by atoms with E-state index >= 15 is 0 Å². The van der Waals surface area contributed by atoms with Crippen LogP contribution >= 0.6 is 12.2 Å². The fourth-order valence-electron chi connectivity index (χ4n) is 2.15. The Hall–Kier alpha value is -2.40. The summed E-state index contributed by atoms with van der Waals surface area (Å²) in [5, 5.41) is 3.53. The summed E-state index contributed by atoms with van der Waals surface area (Å²) in [6.45, 7) is 2.01. The van der Waals surface area contributed by atoms with Crippen LogP contribution in [0, 0.1) is 0 Å². The van der Waals surface area contributed by atoms with Gasteiger partial charge in [-0.15, -0.1) is 0 Å². The van der Waals surface area contributed by atoms with Gasteiger partial charge in [-0.1, -0.05) is 60.7 Å². The van der Waals surface area contributed by atoms with Crippen LogP contribution in [0.25, 0.3) is 0 Å². The Morgan fingerprint density at radius 2 is 1.61 bits per heavy atom. The summed E-state index contributed by atoms with van der Waals surface area (Å²) in [5.41, 5.74) is 7.63. The van der Waals surface area contributed by atoms with Crippen molar-refractivity contribution in [3.8, 4) is 0 Å². The van der Waals surface area contributed by atoms with Gasteiger partial charge in [0.25, 0.3) is 0 Å². The summed E-state index contributed by atoms with van der Waals surface area (Å²) in [7, 11) is 0. The minimum absolute atomic E-state index is 0.0671. The Bertz CT molecular complexity index is 631.